The Morgan fingerprint density at radius 2 is 1.53 bits per heavy atom. The molecule has 0 aliphatic carbocycles. The minimum atomic E-state index is -4.42. The lowest BCUT2D eigenvalue weighted by atomic mass is 9.84. The highest BCUT2D eigenvalue weighted by Crippen LogP contribution is 2.30. The molecule has 0 aromatic carbocycles. The Kier molecular flexibility index (Phi) is 5.32. The maximum absolute atomic E-state index is 12.4. The maximum Gasteiger partial charge on any atom is 0.434 e. The molecule has 1 heterocycles. The number of nitrogens with zero attached hydrogens (tertiary/aromatic N) is 2. The molecule has 0 radical (unpaired) electrons. The molecule has 0 saturated heterocycles. The first-order valence-corrected chi connectivity index (χ1v) is 6.67. The van der Waals surface area contributed by atoms with E-state index in [1.165, 1.54) is 19.0 Å². The molecular formula is C14H21F3N2. The van der Waals surface area contributed by atoms with Gasteiger partial charge in [0.25, 0.3) is 0 Å². The number of halogens is 3. The molecular weight excluding hydrogens is 253 g/mol. The van der Waals surface area contributed by atoms with Crippen molar-refractivity contribution in [3.8, 4) is 0 Å². The number of unbranched alkanes of at least 4 members (excludes halogenated alkanes) is 3. The van der Waals surface area contributed by atoms with E-state index in [1.54, 1.807) is 0 Å². The third-order valence-electron chi connectivity index (χ3n) is 3.29. The fourth-order valence-corrected chi connectivity index (χ4v) is 1.95. The number of aromatic nitrogens is 2. The second kappa shape index (κ2) is 6.35. The zero-order valence-electron chi connectivity index (χ0n) is 11.7. The van der Waals surface area contributed by atoms with Crippen LogP contribution in [0.4, 0.5) is 13.2 Å². The van der Waals surface area contributed by atoms with Crippen LogP contribution in [0.2, 0.25) is 0 Å². The van der Waals surface area contributed by atoms with Crippen LogP contribution in [0.15, 0.2) is 12.4 Å². The Bertz CT molecular complexity index is 383. The first kappa shape index (κ1) is 15.9. The normalized spacial score (nSPS) is 12.7. The van der Waals surface area contributed by atoms with Gasteiger partial charge in [-0.1, -0.05) is 46.5 Å². The molecule has 1 rings (SSSR count). The Labute approximate surface area is 112 Å². The van der Waals surface area contributed by atoms with E-state index in [0.717, 1.165) is 25.5 Å². The van der Waals surface area contributed by atoms with Gasteiger partial charge in [-0.25, -0.2) is 4.98 Å². The van der Waals surface area contributed by atoms with Crippen molar-refractivity contribution in [3.63, 3.8) is 0 Å². The van der Waals surface area contributed by atoms with Crippen LogP contribution >= 0.6 is 0 Å². The van der Waals surface area contributed by atoms with Crippen LogP contribution in [-0.2, 0) is 11.6 Å². The van der Waals surface area contributed by atoms with Gasteiger partial charge >= 0.3 is 6.18 Å². The Morgan fingerprint density at radius 3 is 2.00 bits per heavy atom. The lowest BCUT2D eigenvalue weighted by Crippen LogP contribution is -2.20. The molecule has 0 unspecified atom stereocenters. The van der Waals surface area contributed by atoms with Crippen molar-refractivity contribution in [3.05, 3.63) is 23.8 Å². The van der Waals surface area contributed by atoms with E-state index in [-0.39, 0.29) is 5.41 Å². The molecule has 0 N–H and O–H groups in total. The summed E-state index contributed by atoms with van der Waals surface area (Å²) in [6, 6.07) is 0. The van der Waals surface area contributed by atoms with E-state index >= 15 is 0 Å². The lowest BCUT2D eigenvalue weighted by molar-refractivity contribution is -0.141. The molecule has 2 nitrogen and oxygen atoms in total. The van der Waals surface area contributed by atoms with Crippen LogP contribution in [0.5, 0.6) is 0 Å². The summed E-state index contributed by atoms with van der Waals surface area (Å²) >= 11 is 0. The molecule has 0 aliphatic rings. The molecule has 5 heteroatoms. The second-order valence-corrected chi connectivity index (χ2v) is 5.48. The minimum Gasteiger partial charge on any atom is -0.257 e. The summed E-state index contributed by atoms with van der Waals surface area (Å²) < 4.78 is 37.2. The zero-order chi connectivity index (χ0) is 14.5. The maximum atomic E-state index is 12.4. The summed E-state index contributed by atoms with van der Waals surface area (Å²) in [4.78, 5) is 7.41. The molecule has 0 amide bonds. The molecule has 108 valence electrons. The van der Waals surface area contributed by atoms with Gasteiger partial charge in [-0.3, -0.25) is 4.98 Å². The molecule has 0 atom stereocenters. The highest BCUT2D eigenvalue weighted by atomic mass is 19.4. The first-order valence-electron chi connectivity index (χ1n) is 6.67. The summed E-state index contributed by atoms with van der Waals surface area (Å²) in [5.41, 5.74) is -0.541. The van der Waals surface area contributed by atoms with E-state index in [2.05, 4.69) is 16.9 Å². The molecule has 0 aliphatic heterocycles. The molecule has 0 saturated carbocycles. The fourth-order valence-electron chi connectivity index (χ4n) is 1.95. The predicted octanol–water partition coefficient (Wildman–Crippen LogP) is 4.74. The Hall–Kier alpha value is -1.13. The van der Waals surface area contributed by atoms with Gasteiger partial charge in [0, 0.05) is 11.6 Å². The monoisotopic (exact) mass is 274 g/mol. The molecule has 1 aromatic heterocycles. The van der Waals surface area contributed by atoms with Gasteiger partial charge in [-0.2, -0.15) is 13.2 Å². The third kappa shape index (κ3) is 4.80. The van der Waals surface area contributed by atoms with Crippen LogP contribution < -0.4 is 0 Å². The van der Waals surface area contributed by atoms with Gasteiger partial charge in [-0.15, -0.1) is 0 Å². The largest absolute Gasteiger partial charge is 0.434 e. The van der Waals surface area contributed by atoms with Gasteiger partial charge < -0.3 is 0 Å². The summed E-state index contributed by atoms with van der Waals surface area (Å²) in [6.45, 7) is 6.14. The zero-order valence-corrected chi connectivity index (χ0v) is 11.7. The van der Waals surface area contributed by atoms with Crippen molar-refractivity contribution in [2.75, 3.05) is 0 Å². The first-order chi connectivity index (χ1) is 8.77. The van der Waals surface area contributed by atoms with Gasteiger partial charge in [0.2, 0.25) is 0 Å². The SMILES string of the molecule is CCCCCCC(C)(C)c1cnc(C(F)(F)F)cn1. The van der Waals surface area contributed by atoms with Crippen molar-refractivity contribution >= 4 is 0 Å². The second-order valence-electron chi connectivity index (χ2n) is 5.48. The molecule has 0 fully saturated rings. The van der Waals surface area contributed by atoms with Crippen molar-refractivity contribution in [2.24, 2.45) is 0 Å². The molecule has 0 spiro atoms. The lowest BCUT2D eigenvalue weighted by Gasteiger charge is -2.23. The summed E-state index contributed by atoms with van der Waals surface area (Å²) in [5.74, 6) is 0. The molecule has 0 bridgehead atoms. The molecule has 1 aromatic rings. The average molecular weight is 274 g/mol. The number of rotatable bonds is 6. The topological polar surface area (TPSA) is 25.8 Å². The van der Waals surface area contributed by atoms with Crippen LogP contribution in [0.1, 0.15) is 64.3 Å². The smallest absolute Gasteiger partial charge is 0.257 e. The third-order valence-corrected chi connectivity index (χ3v) is 3.29. The predicted molar refractivity (Wildman–Crippen MR) is 68.8 cm³/mol. The van der Waals surface area contributed by atoms with Crippen molar-refractivity contribution < 1.29 is 13.2 Å². The average Bonchev–Trinajstić information content (AvgIpc) is 2.34. The number of hydrogen-bond acceptors (Lipinski definition) is 2. The van der Waals surface area contributed by atoms with Gasteiger partial charge in [0.15, 0.2) is 5.69 Å². The molecule has 19 heavy (non-hydrogen) atoms. The quantitative estimate of drug-likeness (QED) is 0.700. The highest BCUT2D eigenvalue weighted by Gasteiger charge is 2.33. The van der Waals surface area contributed by atoms with Gasteiger partial charge in [0.05, 0.1) is 11.9 Å². The summed E-state index contributed by atoms with van der Waals surface area (Å²) in [5, 5.41) is 0. The van der Waals surface area contributed by atoms with E-state index in [0.29, 0.717) is 5.69 Å². The van der Waals surface area contributed by atoms with E-state index in [1.807, 2.05) is 13.8 Å². The minimum absolute atomic E-state index is 0.231. The summed E-state index contributed by atoms with van der Waals surface area (Å²) in [7, 11) is 0. The van der Waals surface area contributed by atoms with Crippen molar-refractivity contribution in [2.45, 2.75) is 64.5 Å². The summed E-state index contributed by atoms with van der Waals surface area (Å²) in [6.07, 6.45) is 3.13. The number of hydrogen-bond donors (Lipinski definition) is 0. The van der Waals surface area contributed by atoms with Crippen LogP contribution in [0.25, 0.3) is 0 Å². The highest BCUT2D eigenvalue weighted by molar-refractivity contribution is 5.13. The van der Waals surface area contributed by atoms with E-state index in [4.69, 9.17) is 0 Å². The van der Waals surface area contributed by atoms with E-state index in [9.17, 15) is 13.2 Å². The van der Waals surface area contributed by atoms with Crippen molar-refractivity contribution in [1.82, 2.24) is 9.97 Å². The Morgan fingerprint density at radius 1 is 0.947 bits per heavy atom. The number of alkyl halides is 3. The van der Waals surface area contributed by atoms with Gasteiger partial charge in [0.1, 0.15) is 0 Å². The van der Waals surface area contributed by atoms with Crippen LogP contribution in [-0.4, -0.2) is 9.97 Å². The fraction of sp³-hybridized carbons (Fsp3) is 0.714. The Balaban J connectivity index is 2.68. The van der Waals surface area contributed by atoms with E-state index < -0.39 is 11.9 Å². The standard InChI is InChI=1S/C14H21F3N2/c1-4-5-6-7-8-13(2,3)11-9-19-12(10-18-11)14(15,16)17/h9-10H,4-8H2,1-3H3. The van der Waals surface area contributed by atoms with Crippen molar-refractivity contribution in [1.29, 1.82) is 0 Å². The van der Waals surface area contributed by atoms with Crippen LogP contribution in [0.3, 0.4) is 0 Å². The van der Waals surface area contributed by atoms with Crippen LogP contribution in [0, 0.1) is 0 Å². The van der Waals surface area contributed by atoms with Gasteiger partial charge in [-0.05, 0) is 6.42 Å².